The minimum Gasteiger partial charge on any atom is -0.336 e. The first kappa shape index (κ1) is 19.9. The molecule has 1 aliphatic heterocycles. The summed E-state index contributed by atoms with van der Waals surface area (Å²) in [7, 11) is -3.95. The molecule has 0 atom stereocenters. The summed E-state index contributed by atoms with van der Waals surface area (Å²) in [5.74, 6) is -1.13. The highest BCUT2D eigenvalue weighted by Crippen LogP contribution is 2.26. The van der Waals surface area contributed by atoms with Crippen LogP contribution in [0.2, 0.25) is 0 Å². The number of nitro groups is 1. The Morgan fingerprint density at radius 2 is 1.75 bits per heavy atom. The van der Waals surface area contributed by atoms with Crippen molar-refractivity contribution in [1.82, 2.24) is 9.21 Å². The van der Waals surface area contributed by atoms with Crippen LogP contribution in [-0.4, -0.2) is 54.6 Å². The van der Waals surface area contributed by atoms with Crippen molar-refractivity contribution in [2.24, 2.45) is 0 Å². The van der Waals surface area contributed by atoms with E-state index in [0.717, 1.165) is 6.07 Å². The number of halogens is 1. The Hall–Kier alpha value is -2.85. The number of carbonyl (C=O) groups excluding carboxylic acids is 1. The third-order valence-corrected chi connectivity index (χ3v) is 6.67. The van der Waals surface area contributed by atoms with E-state index in [1.807, 2.05) is 0 Å². The van der Waals surface area contributed by atoms with E-state index in [0.29, 0.717) is 5.56 Å². The number of amides is 1. The lowest BCUT2D eigenvalue weighted by Crippen LogP contribution is -2.50. The Bertz CT molecular complexity index is 1030. The summed E-state index contributed by atoms with van der Waals surface area (Å²) in [5.41, 5.74) is 0.0290. The van der Waals surface area contributed by atoms with Gasteiger partial charge in [-0.05, 0) is 24.6 Å². The summed E-state index contributed by atoms with van der Waals surface area (Å²) in [6.45, 7) is 1.80. The summed E-state index contributed by atoms with van der Waals surface area (Å²) in [6.07, 6.45) is 0. The largest absolute Gasteiger partial charge is 0.336 e. The zero-order valence-corrected chi connectivity index (χ0v) is 15.9. The lowest BCUT2D eigenvalue weighted by molar-refractivity contribution is -0.385. The van der Waals surface area contributed by atoms with Crippen molar-refractivity contribution < 1.29 is 22.5 Å². The number of carbonyl (C=O) groups is 1. The monoisotopic (exact) mass is 407 g/mol. The predicted molar refractivity (Wildman–Crippen MR) is 98.9 cm³/mol. The van der Waals surface area contributed by atoms with Crippen molar-refractivity contribution in [3.63, 3.8) is 0 Å². The first-order valence-electron chi connectivity index (χ1n) is 8.51. The van der Waals surface area contributed by atoms with Gasteiger partial charge in [-0.2, -0.15) is 4.31 Å². The molecule has 2 aromatic rings. The van der Waals surface area contributed by atoms with E-state index < -0.39 is 26.7 Å². The van der Waals surface area contributed by atoms with Gasteiger partial charge in [-0.3, -0.25) is 14.9 Å². The van der Waals surface area contributed by atoms with Crippen molar-refractivity contribution in [2.45, 2.75) is 11.8 Å². The molecule has 10 heteroatoms. The van der Waals surface area contributed by atoms with Gasteiger partial charge in [0.15, 0.2) is 0 Å². The molecule has 0 saturated carbocycles. The normalized spacial score (nSPS) is 15.4. The number of benzene rings is 2. The Morgan fingerprint density at radius 1 is 1.11 bits per heavy atom. The molecule has 1 fully saturated rings. The van der Waals surface area contributed by atoms with E-state index >= 15 is 0 Å². The fraction of sp³-hybridized carbons (Fsp3) is 0.278. The highest BCUT2D eigenvalue weighted by Gasteiger charge is 2.32. The van der Waals surface area contributed by atoms with Crippen LogP contribution in [-0.2, 0) is 10.0 Å². The molecule has 0 aliphatic carbocycles. The summed E-state index contributed by atoms with van der Waals surface area (Å²) in [5, 5.41) is 11.0. The number of nitrogens with zero attached hydrogens (tertiary/aromatic N) is 3. The zero-order chi connectivity index (χ0) is 20.5. The molecule has 0 N–H and O–H groups in total. The highest BCUT2D eigenvalue weighted by atomic mass is 32.2. The van der Waals surface area contributed by atoms with Crippen molar-refractivity contribution in [3.05, 3.63) is 69.5 Å². The molecule has 1 saturated heterocycles. The van der Waals surface area contributed by atoms with E-state index in [-0.39, 0.29) is 42.3 Å². The van der Waals surface area contributed by atoms with Gasteiger partial charge in [0.25, 0.3) is 11.6 Å². The lowest BCUT2D eigenvalue weighted by Gasteiger charge is -2.34. The van der Waals surface area contributed by atoms with Crippen LogP contribution in [0.5, 0.6) is 0 Å². The molecule has 1 heterocycles. The predicted octanol–water partition coefficient (Wildman–Crippen LogP) is 2.19. The van der Waals surface area contributed by atoms with Crippen LogP contribution in [0.25, 0.3) is 0 Å². The molecule has 0 radical (unpaired) electrons. The van der Waals surface area contributed by atoms with Crippen molar-refractivity contribution in [3.8, 4) is 0 Å². The SMILES string of the molecule is Cc1ccc([N+](=O)[O-])cc1S(=O)(=O)N1CCN(C(=O)c2ccccc2F)CC1. The number of rotatable bonds is 4. The molecule has 8 nitrogen and oxygen atoms in total. The number of nitro benzene ring substituents is 1. The number of sulfonamides is 1. The number of non-ortho nitro benzene ring substituents is 1. The zero-order valence-electron chi connectivity index (χ0n) is 15.0. The second-order valence-electron chi connectivity index (χ2n) is 6.38. The van der Waals surface area contributed by atoms with Gasteiger partial charge in [-0.1, -0.05) is 18.2 Å². The van der Waals surface area contributed by atoms with Gasteiger partial charge in [0.05, 0.1) is 15.4 Å². The Morgan fingerprint density at radius 3 is 2.36 bits per heavy atom. The molecule has 2 aromatic carbocycles. The second kappa shape index (κ2) is 7.64. The highest BCUT2D eigenvalue weighted by molar-refractivity contribution is 7.89. The third kappa shape index (κ3) is 3.73. The second-order valence-corrected chi connectivity index (χ2v) is 8.29. The van der Waals surface area contributed by atoms with Gasteiger partial charge in [-0.25, -0.2) is 12.8 Å². The molecule has 3 rings (SSSR count). The molecule has 0 unspecified atom stereocenters. The first-order chi connectivity index (χ1) is 13.2. The van der Waals surface area contributed by atoms with E-state index in [2.05, 4.69) is 0 Å². The minimum absolute atomic E-state index is 0.0185. The molecule has 0 bridgehead atoms. The third-order valence-electron chi connectivity index (χ3n) is 4.63. The summed E-state index contributed by atoms with van der Waals surface area (Å²) in [4.78, 5) is 24.0. The van der Waals surface area contributed by atoms with Crippen LogP contribution in [0.3, 0.4) is 0 Å². The molecule has 148 valence electrons. The number of hydrogen-bond acceptors (Lipinski definition) is 5. The molecular formula is C18H18FN3O5S. The lowest BCUT2D eigenvalue weighted by atomic mass is 10.1. The Kier molecular flexibility index (Phi) is 5.43. The van der Waals surface area contributed by atoms with Gasteiger partial charge in [0, 0.05) is 38.3 Å². The smallest absolute Gasteiger partial charge is 0.270 e. The maximum Gasteiger partial charge on any atom is 0.270 e. The summed E-state index contributed by atoms with van der Waals surface area (Å²) < 4.78 is 40.9. The molecule has 1 amide bonds. The van der Waals surface area contributed by atoms with Crippen LogP contribution in [0.15, 0.2) is 47.4 Å². The fourth-order valence-electron chi connectivity index (χ4n) is 3.06. The topological polar surface area (TPSA) is 101 Å². The maximum absolute atomic E-state index is 13.8. The van der Waals surface area contributed by atoms with Gasteiger partial charge < -0.3 is 4.90 Å². The van der Waals surface area contributed by atoms with E-state index in [1.54, 1.807) is 13.0 Å². The Balaban J connectivity index is 1.77. The standard InChI is InChI=1S/C18H18FN3O5S/c1-13-6-7-14(22(24)25)12-17(13)28(26,27)21-10-8-20(9-11-21)18(23)15-4-2-3-5-16(15)19/h2-7,12H,8-11H2,1H3. The minimum atomic E-state index is -3.95. The van der Waals surface area contributed by atoms with Crippen LogP contribution in [0, 0.1) is 22.9 Å². The average molecular weight is 407 g/mol. The average Bonchev–Trinajstić information content (AvgIpc) is 2.68. The van der Waals surface area contributed by atoms with Gasteiger partial charge in [-0.15, -0.1) is 0 Å². The molecule has 0 aromatic heterocycles. The molecule has 0 spiro atoms. The van der Waals surface area contributed by atoms with E-state index in [4.69, 9.17) is 0 Å². The summed E-state index contributed by atoms with van der Waals surface area (Å²) >= 11 is 0. The Labute approximate surface area is 161 Å². The van der Waals surface area contributed by atoms with E-state index in [9.17, 15) is 27.7 Å². The van der Waals surface area contributed by atoms with Crippen LogP contribution in [0.1, 0.15) is 15.9 Å². The van der Waals surface area contributed by atoms with Gasteiger partial charge in [0.2, 0.25) is 10.0 Å². The molecular weight excluding hydrogens is 389 g/mol. The first-order valence-corrected chi connectivity index (χ1v) is 9.95. The number of aryl methyl sites for hydroxylation is 1. The quantitative estimate of drug-likeness (QED) is 0.571. The van der Waals surface area contributed by atoms with Crippen LogP contribution in [0.4, 0.5) is 10.1 Å². The van der Waals surface area contributed by atoms with Crippen LogP contribution < -0.4 is 0 Å². The van der Waals surface area contributed by atoms with Crippen molar-refractivity contribution in [1.29, 1.82) is 0 Å². The fourth-order valence-corrected chi connectivity index (χ4v) is 4.72. The number of hydrogen-bond donors (Lipinski definition) is 0. The molecule has 28 heavy (non-hydrogen) atoms. The van der Waals surface area contributed by atoms with E-state index in [1.165, 1.54) is 39.5 Å². The van der Waals surface area contributed by atoms with Gasteiger partial charge in [0.1, 0.15) is 5.82 Å². The van der Waals surface area contributed by atoms with Gasteiger partial charge >= 0.3 is 0 Å². The van der Waals surface area contributed by atoms with Crippen molar-refractivity contribution >= 4 is 21.6 Å². The molecule has 1 aliphatic rings. The summed E-state index contributed by atoms with van der Waals surface area (Å²) in [6, 6.07) is 9.30. The maximum atomic E-state index is 13.8. The number of piperazine rings is 1. The van der Waals surface area contributed by atoms with Crippen LogP contribution >= 0.6 is 0 Å². The van der Waals surface area contributed by atoms with Crippen molar-refractivity contribution in [2.75, 3.05) is 26.2 Å².